The molecule has 1 N–H and O–H groups in total. The Hall–Kier alpha value is -4.21. The molecule has 0 radical (unpaired) electrons. The van der Waals surface area contributed by atoms with E-state index in [0.29, 0.717) is 13.1 Å². The van der Waals surface area contributed by atoms with E-state index in [1.54, 1.807) is 24.5 Å². The standard InChI is InChI=1S/C34H35N5O3S/c1-24-28(9-12-32(36-24)43-30-10-7-27(8-11-30)33(40)41)22-37-19-15-29(16-20-37)39-31(26-5-3-2-4-6-26)23-38(34(39)42)21-25-13-17-35-18-14-25/h2-14,17-18,29,31H,15-16,19-23H2,1H3,(H,40,41)/t31-/m0/s1. The number of urea groups is 1. The van der Waals surface area contributed by atoms with Gasteiger partial charge in [-0.25, -0.2) is 14.6 Å². The van der Waals surface area contributed by atoms with Crippen molar-refractivity contribution >= 4 is 23.8 Å². The number of likely N-dealkylation sites (tertiary alicyclic amines) is 1. The van der Waals surface area contributed by atoms with E-state index in [1.807, 2.05) is 48.2 Å². The molecular formula is C34H35N5O3S. The fourth-order valence-corrected chi connectivity index (χ4v) is 6.87. The van der Waals surface area contributed by atoms with Crippen molar-refractivity contribution in [2.75, 3.05) is 19.6 Å². The molecule has 2 aromatic heterocycles. The number of rotatable bonds is 9. The van der Waals surface area contributed by atoms with Crippen LogP contribution in [0.5, 0.6) is 0 Å². The second kappa shape index (κ2) is 13.0. The van der Waals surface area contributed by atoms with E-state index >= 15 is 0 Å². The van der Waals surface area contributed by atoms with Crippen LogP contribution in [0.4, 0.5) is 4.79 Å². The Kier molecular flexibility index (Phi) is 8.72. The van der Waals surface area contributed by atoms with Crippen molar-refractivity contribution in [1.82, 2.24) is 24.7 Å². The van der Waals surface area contributed by atoms with Gasteiger partial charge in [-0.05, 0) is 78.9 Å². The zero-order valence-electron chi connectivity index (χ0n) is 24.2. The lowest BCUT2D eigenvalue weighted by molar-refractivity contribution is 0.0696. The van der Waals surface area contributed by atoms with Crippen LogP contribution < -0.4 is 0 Å². The smallest absolute Gasteiger partial charge is 0.335 e. The number of carboxylic acid groups (broad SMARTS) is 1. The topological polar surface area (TPSA) is 89.9 Å². The Morgan fingerprint density at radius 2 is 1.65 bits per heavy atom. The number of hydrogen-bond acceptors (Lipinski definition) is 6. The molecule has 220 valence electrons. The minimum Gasteiger partial charge on any atom is -0.478 e. The van der Waals surface area contributed by atoms with Gasteiger partial charge >= 0.3 is 12.0 Å². The molecule has 0 unspecified atom stereocenters. The second-order valence-electron chi connectivity index (χ2n) is 11.2. The number of amides is 2. The Labute approximate surface area is 256 Å². The van der Waals surface area contributed by atoms with Gasteiger partial charge in [0.25, 0.3) is 0 Å². The molecule has 2 aliphatic rings. The zero-order valence-corrected chi connectivity index (χ0v) is 25.0. The number of nitrogens with zero attached hydrogens (tertiary/aromatic N) is 5. The van der Waals surface area contributed by atoms with Crippen LogP contribution in [0.15, 0.2) is 101 Å². The number of hydrogen-bond donors (Lipinski definition) is 1. The highest BCUT2D eigenvalue weighted by molar-refractivity contribution is 7.99. The summed E-state index contributed by atoms with van der Waals surface area (Å²) in [5, 5.41) is 10.0. The third-order valence-electron chi connectivity index (χ3n) is 8.37. The van der Waals surface area contributed by atoms with Gasteiger partial charge in [-0.3, -0.25) is 9.88 Å². The van der Waals surface area contributed by atoms with Crippen LogP contribution in [0.25, 0.3) is 0 Å². The Balaban J connectivity index is 1.09. The van der Waals surface area contributed by atoms with Crippen molar-refractivity contribution in [2.45, 2.75) is 54.9 Å². The lowest BCUT2D eigenvalue weighted by Crippen LogP contribution is -2.47. The molecule has 0 saturated carbocycles. The molecule has 6 rings (SSSR count). The highest BCUT2D eigenvalue weighted by atomic mass is 32.2. The maximum Gasteiger partial charge on any atom is 0.335 e. The molecule has 4 heterocycles. The van der Waals surface area contributed by atoms with Crippen LogP contribution in [0.1, 0.15) is 51.6 Å². The van der Waals surface area contributed by atoms with E-state index in [9.17, 15) is 9.59 Å². The first-order valence-electron chi connectivity index (χ1n) is 14.7. The molecule has 4 aromatic rings. The average molecular weight is 594 g/mol. The summed E-state index contributed by atoms with van der Waals surface area (Å²) in [5.74, 6) is -0.926. The minimum absolute atomic E-state index is 0.0453. The molecule has 43 heavy (non-hydrogen) atoms. The van der Waals surface area contributed by atoms with E-state index in [2.05, 4.69) is 45.1 Å². The molecular weight excluding hydrogens is 558 g/mol. The summed E-state index contributed by atoms with van der Waals surface area (Å²) >= 11 is 1.53. The third-order valence-corrected chi connectivity index (χ3v) is 9.31. The zero-order chi connectivity index (χ0) is 29.8. The summed E-state index contributed by atoms with van der Waals surface area (Å²) in [6.07, 6.45) is 5.43. The largest absolute Gasteiger partial charge is 0.478 e. The Morgan fingerprint density at radius 1 is 0.930 bits per heavy atom. The predicted molar refractivity (Wildman–Crippen MR) is 166 cm³/mol. The van der Waals surface area contributed by atoms with Crippen LogP contribution >= 0.6 is 11.8 Å². The van der Waals surface area contributed by atoms with E-state index in [1.165, 1.54) is 22.9 Å². The first-order valence-corrected chi connectivity index (χ1v) is 15.5. The number of carboxylic acids is 1. The van der Waals surface area contributed by atoms with Gasteiger partial charge in [0.1, 0.15) is 5.03 Å². The molecule has 2 aromatic carbocycles. The van der Waals surface area contributed by atoms with Gasteiger partial charge in [0.15, 0.2) is 0 Å². The molecule has 2 amide bonds. The van der Waals surface area contributed by atoms with Gasteiger partial charge in [-0.15, -0.1) is 0 Å². The molecule has 1 atom stereocenters. The highest BCUT2D eigenvalue weighted by Crippen LogP contribution is 2.36. The van der Waals surface area contributed by atoms with Crippen molar-refractivity contribution in [3.8, 4) is 0 Å². The summed E-state index contributed by atoms with van der Waals surface area (Å²) in [6, 6.07) is 25.8. The Bertz CT molecular complexity index is 1560. The van der Waals surface area contributed by atoms with Gasteiger partial charge in [0.05, 0.1) is 11.6 Å². The minimum atomic E-state index is -0.926. The van der Waals surface area contributed by atoms with E-state index < -0.39 is 5.97 Å². The lowest BCUT2D eigenvalue weighted by atomic mass is 9.98. The van der Waals surface area contributed by atoms with Gasteiger partial charge < -0.3 is 14.9 Å². The van der Waals surface area contributed by atoms with Gasteiger partial charge in [-0.2, -0.15) is 0 Å². The number of carbonyl (C=O) groups excluding carboxylic acids is 1. The summed E-state index contributed by atoms with van der Waals surface area (Å²) in [4.78, 5) is 41.4. The number of carbonyl (C=O) groups is 2. The summed E-state index contributed by atoms with van der Waals surface area (Å²) in [6.45, 7) is 6.00. The number of benzene rings is 2. The Morgan fingerprint density at radius 3 is 2.33 bits per heavy atom. The van der Waals surface area contributed by atoms with Gasteiger partial charge in [-0.1, -0.05) is 48.2 Å². The number of aromatic nitrogens is 2. The van der Waals surface area contributed by atoms with Crippen molar-refractivity contribution in [3.05, 3.63) is 119 Å². The molecule has 8 nitrogen and oxygen atoms in total. The molecule has 2 aliphatic heterocycles. The molecule has 0 bridgehead atoms. The van der Waals surface area contributed by atoms with Crippen molar-refractivity contribution in [3.63, 3.8) is 0 Å². The highest BCUT2D eigenvalue weighted by Gasteiger charge is 2.42. The normalized spacial score (nSPS) is 17.9. The third kappa shape index (κ3) is 6.73. The van der Waals surface area contributed by atoms with Gasteiger partial charge in [0.2, 0.25) is 0 Å². The molecule has 2 saturated heterocycles. The number of aryl methyl sites for hydroxylation is 1. The van der Waals surface area contributed by atoms with Crippen LogP contribution in [0.3, 0.4) is 0 Å². The van der Waals surface area contributed by atoms with Crippen LogP contribution in [0.2, 0.25) is 0 Å². The monoisotopic (exact) mass is 593 g/mol. The quantitative estimate of drug-likeness (QED) is 0.244. The molecule has 0 spiro atoms. The van der Waals surface area contributed by atoms with Crippen molar-refractivity contribution in [1.29, 1.82) is 0 Å². The summed E-state index contributed by atoms with van der Waals surface area (Å²) < 4.78 is 0. The first kappa shape index (κ1) is 28.9. The lowest BCUT2D eigenvalue weighted by Gasteiger charge is -2.39. The fraction of sp³-hybridized carbons (Fsp3) is 0.294. The fourth-order valence-electron chi connectivity index (χ4n) is 6.04. The van der Waals surface area contributed by atoms with Crippen LogP contribution in [-0.2, 0) is 13.1 Å². The second-order valence-corrected chi connectivity index (χ2v) is 12.3. The summed E-state index contributed by atoms with van der Waals surface area (Å²) in [7, 11) is 0. The molecule has 2 fully saturated rings. The van der Waals surface area contributed by atoms with E-state index in [4.69, 9.17) is 10.1 Å². The first-order chi connectivity index (χ1) is 20.9. The van der Waals surface area contributed by atoms with Crippen molar-refractivity contribution < 1.29 is 14.7 Å². The van der Waals surface area contributed by atoms with Crippen LogP contribution in [-0.4, -0.2) is 67.5 Å². The average Bonchev–Trinajstić information content (AvgIpc) is 3.35. The molecule has 9 heteroatoms. The number of pyridine rings is 2. The summed E-state index contributed by atoms with van der Waals surface area (Å²) in [5.41, 5.74) is 4.76. The van der Waals surface area contributed by atoms with E-state index in [0.717, 1.165) is 53.7 Å². The maximum atomic E-state index is 13.8. The number of piperidine rings is 1. The molecule has 0 aliphatic carbocycles. The van der Waals surface area contributed by atoms with E-state index in [-0.39, 0.29) is 23.7 Å². The van der Waals surface area contributed by atoms with Crippen molar-refractivity contribution in [2.24, 2.45) is 0 Å². The SMILES string of the molecule is Cc1nc(Sc2ccc(C(=O)O)cc2)ccc1CN1CCC(N2C(=O)N(Cc3ccncc3)C[C@H]2c2ccccc2)CC1. The number of aromatic carboxylic acids is 1. The predicted octanol–water partition coefficient (Wildman–Crippen LogP) is 6.28. The van der Waals surface area contributed by atoms with Crippen LogP contribution in [0, 0.1) is 6.92 Å². The maximum absolute atomic E-state index is 13.8. The van der Waals surface area contributed by atoms with Gasteiger partial charge in [0, 0.05) is 61.7 Å².